The second-order valence-corrected chi connectivity index (χ2v) is 14.0. The molecule has 2 heteroatoms. The highest BCUT2D eigenvalue weighted by molar-refractivity contribution is 6.28. The predicted molar refractivity (Wildman–Crippen MR) is 220 cm³/mol. The van der Waals surface area contributed by atoms with Crippen molar-refractivity contribution in [3.05, 3.63) is 176 Å². The second-order valence-electron chi connectivity index (χ2n) is 14.0. The third-order valence-electron chi connectivity index (χ3n) is 11.3. The monoisotopic (exact) mass is 659 g/mol. The summed E-state index contributed by atoms with van der Waals surface area (Å²) < 4.78 is 8.81. The molecule has 2 heterocycles. The van der Waals surface area contributed by atoms with Crippen LogP contribution in [0.3, 0.4) is 0 Å². The van der Waals surface area contributed by atoms with Gasteiger partial charge in [0.05, 0.1) is 11.0 Å². The number of furan rings is 1. The van der Waals surface area contributed by atoms with E-state index >= 15 is 0 Å². The van der Waals surface area contributed by atoms with E-state index in [0.717, 1.165) is 16.9 Å². The Morgan fingerprint density at radius 1 is 0.346 bits per heavy atom. The smallest absolute Gasteiger partial charge is 0.136 e. The van der Waals surface area contributed by atoms with Crippen molar-refractivity contribution in [1.29, 1.82) is 0 Å². The first-order valence-electron chi connectivity index (χ1n) is 17.9. The lowest BCUT2D eigenvalue weighted by Gasteiger charge is -2.19. The van der Waals surface area contributed by atoms with Gasteiger partial charge in [0.1, 0.15) is 11.2 Å². The summed E-state index contributed by atoms with van der Waals surface area (Å²) in [4.78, 5) is 0. The third kappa shape index (κ3) is 3.73. The van der Waals surface area contributed by atoms with Gasteiger partial charge in [-0.05, 0) is 114 Å². The number of hydrogen-bond acceptors (Lipinski definition) is 1. The maximum absolute atomic E-state index is 6.37. The van der Waals surface area contributed by atoms with Crippen LogP contribution in [0.25, 0.3) is 115 Å². The Balaban J connectivity index is 1.14. The Kier molecular flexibility index (Phi) is 5.53. The molecule has 0 atom stereocenters. The Hall–Kier alpha value is -6.90. The van der Waals surface area contributed by atoms with E-state index in [1.165, 1.54) is 97.9 Å². The molecule has 2 aromatic heterocycles. The molecular formula is C50H29NO. The molecule has 0 spiro atoms. The van der Waals surface area contributed by atoms with Gasteiger partial charge in [-0.25, -0.2) is 0 Å². The Morgan fingerprint density at radius 2 is 0.981 bits per heavy atom. The normalized spacial score (nSPS) is 12.2. The number of rotatable bonds is 3. The molecule has 12 rings (SSSR count). The molecule has 0 aliphatic carbocycles. The minimum Gasteiger partial charge on any atom is -0.456 e. The standard InChI is InChI=1S/C50H29NO/c1-2-12-32-29-44-42(28-31(32)11-1)35-16-7-8-21-43(35)51(44)34-15-9-14-33(27-34)47-36-17-3-5-19-38(36)49(39-20-6-4-18-37(39)47)40-25-26-46-50-41(40)24-23-30-13-10-22-45(52-46)48(30)50/h1-29H. The van der Waals surface area contributed by atoms with Gasteiger partial charge in [-0.3, -0.25) is 0 Å². The molecular weight excluding hydrogens is 631 g/mol. The molecule has 0 radical (unpaired) electrons. The molecule has 52 heavy (non-hydrogen) atoms. The number of para-hydroxylation sites is 1. The Bertz CT molecular complexity index is 3360. The summed E-state index contributed by atoms with van der Waals surface area (Å²) in [5.74, 6) is 0. The summed E-state index contributed by atoms with van der Waals surface area (Å²) in [6.45, 7) is 0. The minimum atomic E-state index is 0.936. The molecule has 0 N–H and O–H groups in total. The summed E-state index contributed by atoms with van der Waals surface area (Å²) >= 11 is 0. The zero-order valence-electron chi connectivity index (χ0n) is 28.1. The van der Waals surface area contributed by atoms with Crippen molar-refractivity contribution in [3.8, 4) is 27.9 Å². The van der Waals surface area contributed by atoms with Crippen LogP contribution in [0.5, 0.6) is 0 Å². The first kappa shape index (κ1) is 27.9. The number of benzene rings is 10. The molecule has 0 aliphatic heterocycles. The van der Waals surface area contributed by atoms with Gasteiger partial charge in [-0.2, -0.15) is 0 Å². The Labute approximate surface area is 298 Å². The predicted octanol–water partition coefficient (Wildman–Crippen LogP) is 14.1. The molecule has 2 nitrogen and oxygen atoms in total. The highest BCUT2D eigenvalue weighted by atomic mass is 16.3. The van der Waals surface area contributed by atoms with Crippen LogP contribution < -0.4 is 0 Å². The van der Waals surface area contributed by atoms with Crippen LogP contribution >= 0.6 is 0 Å². The molecule has 0 saturated heterocycles. The topological polar surface area (TPSA) is 18.1 Å². The van der Waals surface area contributed by atoms with E-state index in [1.54, 1.807) is 0 Å². The molecule has 240 valence electrons. The van der Waals surface area contributed by atoms with E-state index in [0.29, 0.717) is 0 Å². The zero-order valence-corrected chi connectivity index (χ0v) is 28.1. The van der Waals surface area contributed by atoms with Crippen molar-refractivity contribution in [3.63, 3.8) is 0 Å². The van der Waals surface area contributed by atoms with Crippen LogP contribution in [0, 0.1) is 0 Å². The highest BCUT2D eigenvalue weighted by Gasteiger charge is 2.22. The van der Waals surface area contributed by atoms with Crippen molar-refractivity contribution < 1.29 is 4.42 Å². The lowest BCUT2D eigenvalue weighted by molar-refractivity contribution is 0.669. The second kappa shape index (κ2) is 10.3. The number of fused-ring (bicyclic) bond motifs is 6. The van der Waals surface area contributed by atoms with Crippen molar-refractivity contribution in [2.45, 2.75) is 0 Å². The van der Waals surface area contributed by atoms with Gasteiger partial charge in [0.2, 0.25) is 0 Å². The van der Waals surface area contributed by atoms with Gasteiger partial charge in [0.25, 0.3) is 0 Å². The van der Waals surface area contributed by atoms with Gasteiger partial charge in [0.15, 0.2) is 0 Å². The fraction of sp³-hybridized carbons (Fsp3) is 0. The average molecular weight is 660 g/mol. The maximum Gasteiger partial charge on any atom is 0.136 e. The molecule has 10 aromatic carbocycles. The van der Waals surface area contributed by atoms with E-state index in [2.05, 4.69) is 180 Å². The fourth-order valence-corrected chi connectivity index (χ4v) is 9.13. The van der Waals surface area contributed by atoms with Crippen LogP contribution in [0.4, 0.5) is 0 Å². The lowest BCUT2D eigenvalue weighted by Crippen LogP contribution is -1.95. The largest absolute Gasteiger partial charge is 0.456 e. The molecule has 0 amide bonds. The van der Waals surface area contributed by atoms with Crippen molar-refractivity contribution in [2.75, 3.05) is 0 Å². The van der Waals surface area contributed by atoms with Crippen LogP contribution in [0.1, 0.15) is 0 Å². The molecule has 0 bridgehead atoms. The van der Waals surface area contributed by atoms with Crippen molar-refractivity contribution in [2.24, 2.45) is 0 Å². The van der Waals surface area contributed by atoms with E-state index in [-0.39, 0.29) is 0 Å². The number of hydrogen-bond donors (Lipinski definition) is 0. The van der Waals surface area contributed by atoms with Gasteiger partial charge < -0.3 is 8.98 Å². The van der Waals surface area contributed by atoms with Crippen molar-refractivity contribution >= 4 is 86.8 Å². The maximum atomic E-state index is 6.37. The van der Waals surface area contributed by atoms with Gasteiger partial charge in [-0.1, -0.05) is 127 Å². The number of aromatic nitrogens is 1. The van der Waals surface area contributed by atoms with Gasteiger partial charge in [-0.15, -0.1) is 0 Å². The summed E-state index contributed by atoms with van der Waals surface area (Å²) in [6, 6.07) is 64.4. The van der Waals surface area contributed by atoms with Crippen molar-refractivity contribution in [1.82, 2.24) is 4.57 Å². The molecule has 0 aliphatic rings. The quantitative estimate of drug-likeness (QED) is 0.136. The van der Waals surface area contributed by atoms with Crippen LogP contribution in [-0.2, 0) is 0 Å². The lowest BCUT2D eigenvalue weighted by atomic mass is 9.84. The summed E-state index contributed by atoms with van der Waals surface area (Å²) in [7, 11) is 0. The summed E-state index contributed by atoms with van der Waals surface area (Å²) in [5, 5.41) is 14.9. The first-order chi connectivity index (χ1) is 25.8. The van der Waals surface area contributed by atoms with E-state index in [9.17, 15) is 0 Å². The van der Waals surface area contributed by atoms with Crippen LogP contribution in [0.15, 0.2) is 180 Å². The van der Waals surface area contributed by atoms with Gasteiger partial charge >= 0.3 is 0 Å². The summed E-state index contributed by atoms with van der Waals surface area (Å²) in [6.07, 6.45) is 0. The zero-order chi connectivity index (χ0) is 33.9. The molecule has 12 aromatic rings. The fourth-order valence-electron chi connectivity index (χ4n) is 9.13. The highest BCUT2D eigenvalue weighted by Crippen LogP contribution is 2.48. The number of nitrogens with zero attached hydrogens (tertiary/aromatic N) is 1. The van der Waals surface area contributed by atoms with Crippen LogP contribution in [-0.4, -0.2) is 4.57 Å². The SMILES string of the molecule is c1cc(-c2c3ccccc3c(-c3ccc4oc5cccc6ccc3c4c65)c3ccccc23)cc(-n2c3ccccc3c3cc4ccccc4cc32)c1. The van der Waals surface area contributed by atoms with E-state index in [1.807, 2.05) is 0 Å². The third-order valence-corrected chi connectivity index (χ3v) is 11.3. The minimum absolute atomic E-state index is 0.936. The first-order valence-corrected chi connectivity index (χ1v) is 17.9. The van der Waals surface area contributed by atoms with Crippen LogP contribution in [0.2, 0.25) is 0 Å². The molecule has 0 fully saturated rings. The van der Waals surface area contributed by atoms with E-state index < -0.39 is 0 Å². The van der Waals surface area contributed by atoms with Gasteiger partial charge in [0, 0.05) is 27.2 Å². The molecule has 0 unspecified atom stereocenters. The Morgan fingerprint density at radius 3 is 1.77 bits per heavy atom. The average Bonchev–Trinajstić information content (AvgIpc) is 3.74. The van der Waals surface area contributed by atoms with E-state index in [4.69, 9.17) is 4.42 Å². The molecule has 0 saturated carbocycles. The summed E-state index contributed by atoms with van der Waals surface area (Å²) in [5.41, 5.74) is 10.4.